The van der Waals surface area contributed by atoms with Gasteiger partial charge in [-0.05, 0) is 19.1 Å². The highest BCUT2D eigenvalue weighted by atomic mass is 16.3. The van der Waals surface area contributed by atoms with Gasteiger partial charge in [0.15, 0.2) is 5.82 Å². The fraction of sp³-hybridized carbons (Fsp3) is 0.200. The van der Waals surface area contributed by atoms with E-state index in [1.54, 1.807) is 4.68 Å². The molecule has 72 valence electrons. The molecule has 4 nitrogen and oxygen atoms in total. The molecule has 4 heteroatoms. The third-order valence-electron chi connectivity index (χ3n) is 1.96. The summed E-state index contributed by atoms with van der Waals surface area (Å²) in [4.78, 5) is 4.11. The monoisotopic (exact) mass is 189 g/mol. The lowest BCUT2D eigenvalue weighted by Crippen LogP contribution is -1.98. The number of hydrogen-bond donors (Lipinski definition) is 1. The van der Waals surface area contributed by atoms with Gasteiger partial charge in [0, 0.05) is 0 Å². The van der Waals surface area contributed by atoms with E-state index < -0.39 is 0 Å². The minimum Gasteiger partial charge on any atom is -0.388 e. The minimum absolute atomic E-state index is 0.124. The normalized spacial score (nSPS) is 10.4. The summed E-state index contributed by atoms with van der Waals surface area (Å²) in [6.07, 6.45) is 0. The minimum atomic E-state index is -0.124. The zero-order valence-electron chi connectivity index (χ0n) is 7.88. The second kappa shape index (κ2) is 3.59. The van der Waals surface area contributed by atoms with Crippen LogP contribution in [-0.2, 0) is 6.61 Å². The Balaban J connectivity index is 2.46. The smallest absolute Gasteiger partial charge is 0.176 e. The molecule has 0 spiro atoms. The first-order chi connectivity index (χ1) is 6.81. The van der Waals surface area contributed by atoms with Gasteiger partial charge in [0.05, 0.1) is 5.69 Å². The first kappa shape index (κ1) is 8.90. The average Bonchev–Trinajstić information content (AvgIpc) is 2.61. The molecule has 2 aromatic rings. The predicted molar refractivity (Wildman–Crippen MR) is 52.0 cm³/mol. The molecule has 14 heavy (non-hydrogen) atoms. The van der Waals surface area contributed by atoms with Gasteiger partial charge in [-0.15, -0.1) is 5.10 Å². The molecule has 0 aliphatic heterocycles. The number of nitrogens with zero attached hydrogens (tertiary/aromatic N) is 3. The van der Waals surface area contributed by atoms with E-state index in [1.165, 1.54) is 0 Å². The molecular formula is C10H11N3O. The SMILES string of the molecule is Cc1nc(CO)nn1-c1ccccc1. The zero-order valence-corrected chi connectivity index (χ0v) is 7.88. The van der Waals surface area contributed by atoms with Crippen LogP contribution in [0, 0.1) is 6.92 Å². The molecule has 0 saturated carbocycles. The Morgan fingerprint density at radius 1 is 1.29 bits per heavy atom. The first-order valence-corrected chi connectivity index (χ1v) is 4.40. The summed E-state index contributed by atoms with van der Waals surface area (Å²) in [6.45, 7) is 1.74. The molecule has 2 rings (SSSR count). The van der Waals surface area contributed by atoms with Crippen molar-refractivity contribution >= 4 is 0 Å². The Labute approximate surface area is 81.8 Å². The van der Waals surface area contributed by atoms with Gasteiger partial charge in [-0.25, -0.2) is 9.67 Å². The number of aromatic nitrogens is 3. The Morgan fingerprint density at radius 2 is 2.00 bits per heavy atom. The highest BCUT2D eigenvalue weighted by Gasteiger charge is 2.05. The zero-order chi connectivity index (χ0) is 9.97. The van der Waals surface area contributed by atoms with Crippen LogP contribution in [0.5, 0.6) is 0 Å². The molecule has 0 radical (unpaired) electrons. The lowest BCUT2D eigenvalue weighted by molar-refractivity contribution is 0.271. The van der Waals surface area contributed by atoms with Gasteiger partial charge in [-0.1, -0.05) is 18.2 Å². The number of rotatable bonds is 2. The summed E-state index contributed by atoms with van der Waals surface area (Å²) >= 11 is 0. The Bertz CT molecular complexity index is 422. The molecule has 0 unspecified atom stereocenters. The summed E-state index contributed by atoms with van der Waals surface area (Å²) in [5.74, 6) is 1.23. The number of benzene rings is 1. The molecule has 0 aliphatic carbocycles. The van der Waals surface area contributed by atoms with Crippen LogP contribution in [0.3, 0.4) is 0 Å². The van der Waals surface area contributed by atoms with Crippen molar-refractivity contribution < 1.29 is 5.11 Å². The quantitative estimate of drug-likeness (QED) is 0.768. The molecule has 0 bridgehead atoms. The van der Waals surface area contributed by atoms with Crippen LogP contribution in [0.1, 0.15) is 11.6 Å². The maximum Gasteiger partial charge on any atom is 0.176 e. The summed E-state index contributed by atoms with van der Waals surface area (Å²) in [7, 11) is 0. The van der Waals surface area contributed by atoms with E-state index in [-0.39, 0.29) is 6.61 Å². The van der Waals surface area contributed by atoms with Gasteiger partial charge in [0.25, 0.3) is 0 Å². The largest absolute Gasteiger partial charge is 0.388 e. The van der Waals surface area contributed by atoms with Gasteiger partial charge in [-0.2, -0.15) is 0 Å². The maximum atomic E-state index is 8.88. The molecule has 1 N–H and O–H groups in total. The Hall–Kier alpha value is -1.68. The lowest BCUT2D eigenvalue weighted by Gasteiger charge is -2.00. The van der Waals surface area contributed by atoms with Crippen LogP contribution in [0.4, 0.5) is 0 Å². The maximum absolute atomic E-state index is 8.88. The van der Waals surface area contributed by atoms with Crippen LogP contribution < -0.4 is 0 Å². The molecular weight excluding hydrogens is 178 g/mol. The van der Waals surface area contributed by atoms with E-state index in [2.05, 4.69) is 10.1 Å². The van der Waals surface area contributed by atoms with Gasteiger partial charge < -0.3 is 5.11 Å². The number of aryl methyl sites for hydroxylation is 1. The molecule has 0 aliphatic rings. The van der Waals surface area contributed by atoms with E-state index in [0.29, 0.717) is 5.82 Å². The van der Waals surface area contributed by atoms with Crippen molar-refractivity contribution in [2.24, 2.45) is 0 Å². The second-order valence-electron chi connectivity index (χ2n) is 2.98. The molecule has 0 atom stereocenters. The van der Waals surface area contributed by atoms with Crippen molar-refractivity contribution in [1.82, 2.24) is 14.8 Å². The summed E-state index contributed by atoms with van der Waals surface area (Å²) in [5, 5.41) is 13.0. The summed E-state index contributed by atoms with van der Waals surface area (Å²) in [6, 6.07) is 9.72. The molecule has 1 aromatic carbocycles. The average molecular weight is 189 g/mol. The first-order valence-electron chi connectivity index (χ1n) is 4.40. The number of aliphatic hydroxyl groups is 1. The number of para-hydroxylation sites is 1. The highest BCUT2D eigenvalue weighted by Crippen LogP contribution is 2.08. The van der Waals surface area contributed by atoms with Crippen LogP contribution >= 0.6 is 0 Å². The van der Waals surface area contributed by atoms with Crippen molar-refractivity contribution in [1.29, 1.82) is 0 Å². The van der Waals surface area contributed by atoms with E-state index in [0.717, 1.165) is 11.5 Å². The summed E-state index contributed by atoms with van der Waals surface area (Å²) in [5.41, 5.74) is 0.956. The van der Waals surface area contributed by atoms with Crippen molar-refractivity contribution in [2.75, 3.05) is 0 Å². The fourth-order valence-corrected chi connectivity index (χ4v) is 1.33. The Morgan fingerprint density at radius 3 is 2.57 bits per heavy atom. The fourth-order valence-electron chi connectivity index (χ4n) is 1.33. The van der Waals surface area contributed by atoms with Crippen molar-refractivity contribution in [2.45, 2.75) is 13.5 Å². The predicted octanol–water partition coefficient (Wildman–Crippen LogP) is 1.07. The number of aliphatic hydroxyl groups excluding tert-OH is 1. The molecule has 1 heterocycles. The van der Waals surface area contributed by atoms with E-state index in [1.807, 2.05) is 37.3 Å². The van der Waals surface area contributed by atoms with Crippen molar-refractivity contribution in [3.8, 4) is 5.69 Å². The van der Waals surface area contributed by atoms with E-state index in [9.17, 15) is 0 Å². The Kier molecular flexibility index (Phi) is 2.28. The third kappa shape index (κ3) is 1.52. The summed E-state index contributed by atoms with van der Waals surface area (Å²) < 4.78 is 1.71. The van der Waals surface area contributed by atoms with Crippen molar-refractivity contribution in [3.63, 3.8) is 0 Å². The van der Waals surface area contributed by atoms with Crippen LogP contribution in [0.2, 0.25) is 0 Å². The van der Waals surface area contributed by atoms with Gasteiger partial charge >= 0.3 is 0 Å². The lowest BCUT2D eigenvalue weighted by atomic mass is 10.3. The van der Waals surface area contributed by atoms with Gasteiger partial charge in [0.1, 0.15) is 12.4 Å². The van der Waals surface area contributed by atoms with E-state index >= 15 is 0 Å². The van der Waals surface area contributed by atoms with Crippen LogP contribution in [-0.4, -0.2) is 19.9 Å². The molecule has 1 aromatic heterocycles. The van der Waals surface area contributed by atoms with Crippen molar-refractivity contribution in [3.05, 3.63) is 42.0 Å². The van der Waals surface area contributed by atoms with Gasteiger partial charge in [-0.3, -0.25) is 0 Å². The van der Waals surface area contributed by atoms with E-state index in [4.69, 9.17) is 5.11 Å². The third-order valence-corrected chi connectivity index (χ3v) is 1.96. The van der Waals surface area contributed by atoms with Crippen LogP contribution in [0.15, 0.2) is 30.3 Å². The van der Waals surface area contributed by atoms with Crippen LogP contribution in [0.25, 0.3) is 5.69 Å². The molecule has 0 fully saturated rings. The van der Waals surface area contributed by atoms with Gasteiger partial charge in [0.2, 0.25) is 0 Å². The number of hydrogen-bond acceptors (Lipinski definition) is 3. The standard InChI is InChI=1S/C10H11N3O/c1-8-11-10(7-14)12-13(8)9-5-3-2-4-6-9/h2-6,14H,7H2,1H3. The molecule has 0 amide bonds. The second-order valence-corrected chi connectivity index (χ2v) is 2.98. The highest BCUT2D eigenvalue weighted by molar-refractivity contribution is 5.30. The topological polar surface area (TPSA) is 50.9 Å². The molecule has 0 saturated heterocycles.